The maximum Gasteiger partial charge on any atom is 0.158 e. The molecule has 0 unspecified atom stereocenters. The second kappa shape index (κ2) is 7.07. The molecule has 20 heavy (non-hydrogen) atoms. The maximum absolute atomic E-state index is 6.12. The third-order valence-corrected chi connectivity index (χ3v) is 3.09. The second-order valence-electron chi connectivity index (χ2n) is 4.18. The van der Waals surface area contributed by atoms with Gasteiger partial charge in [0.25, 0.3) is 0 Å². The molecule has 2 N–H and O–H groups in total. The Morgan fingerprint density at radius 1 is 1.20 bits per heavy atom. The molecule has 6 heteroatoms. The number of aromatic nitrogens is 2. The molecule has 2 aromatic rings. The Bertz CT molecular complexity index is 577. The summed E-state index contributed by atoms with van der Waals surface area (Å²) in [6.45, 7) is 0.975. The van der Waals surface area contributed by atoms with E-state index in [1.807, 2.05) is 37.4 Å². The van der Waals surface area contributed by atoms with E-state index >= 15 is 0 Å². The first-order valence-corrected chi connectivity index (χ1v) is 6.62. The molecule has 0 aliphatic heterocycles. The van der Waals surface area contributed by atoms with Crippen LogP contribution in [0.4, 0.5) is 11.6 Å². The summed E-state index contributed by atoms with van der Waals surface area (Å²) in [5.41, 5.74) is 1.02. The second-order valence-corrected chi connectivity index (χ2v) is 4.59. The molecule has 5 nitrogen and oxygen atoms in total. The van der Waals surface area contributed by atoms with Crippen molar-refractivity contribution >= 4 is 23.2 Å². The minimum atomic E-state index is 0.371. The van der Waals surface area contributed by atoms with Crippen molar-refractivity contribution in [1.29, 1.82) is 0 Å². The van der Waals surface area contributed by atoms with Crippen LogP contribution in [0.1, 0.15) is 11.4 Å². The highest BCUT2D eigenvalue weighted by Gasteiger charge is 2.05. The smallest absolute Gasteiger partial charge is 0.158 e. The Labute approximate surface area is 123 Å². The molecule has 0 aliphatic carbocycles. The summed E-state index contributed by atoms with van der Waals surface area (Å²) in [5, 5.41) is 6.98. The van der Waals surface area contributed by atoms with Crippen molar-refractivity contribution in [1.82, 2.24) is 9.97 Å². The number of nitrogens with zero attached hydrogens (tertiary/aromatic N) is 2. The normalized spacial score (nSPS) is 10.3. The average molecular weight is 293 g/mol. The van der Waals surface area contributed by atoms with Crippen LogP contribution in [0.3, 0.4) is 0 Å². The van der Waals surface area contributed by atoms with Crippen LogP contribution in [0.5, 0.6) is 0 Å². The zero-order chi connectivity index (χ0) is 14.4. The molecule has 1 aromatic carbocycles. The van der Waals surface area contributed by atoms with Gasteiger partial charge in [-0.05, 0) is 11.6 Å². The van der Waals surface area contributed by atoms with Gasteiger partial charge in [-0.3, -0.25) is 0 Å². The topological polar surface area (TPSA) is 59.1 Å². The van der Waals surface area contributed by atoms with Crippen molar-refractivity contribution in [3.8, 4) is 0 Å². The molecule has 0 aliphatic rings. The van der Waals surface area contributed by atoms with Gasteiger partial charge < -0.3 is 15.4 Å². The summed E-state index contributed by atoms with van der Waals surface area (Å²) in [7, 11) is 3.43. The van der Waals surface area contributed by atoms with Crippen LogP contribution in [0.15, 0.2) is 30.3 Å². The first-order chi connectivity index (χ1) is 9.72. The van der Waals surface area contributed by atoms with Crippen LogP contribution in [0.2, 0.25) is 5.02 Å². The molecule has 1 heterocycles. The highest BCUT2D eigenvalue weighted by Crippen LogP contribution is 2.17. The number of rotatable bonds is 6. The van der Waals surface area contributed by atoms with E-state index in [0.29, 0.717) is 19.0 Å². The van der Waals surface area contributed by atoms with Crippen molar-refractivity contribution in [2.75, 3.05) is 24.8 Å². The Balaban J connectivity index is 2.12. The fourth-order valence-corrected chi connectivity index (χ4v) is 1.94. The number of nitrogens with one attached hydrogen (secondary N) is 2. The largest absolute Gasteiger partial charge is 0.377 e. The van der Waals surface area contributed by atoms with Crippen molar-refractivity contribution < 1.29 is 4.74 Å². The van der Waals surface area contributed by atoms with Crippen molar-refractivity contribution in [2.45, 2.75) is 13.2 Å². The van der Waals surface area contributed by atoms with Crippen LogP contribution < -0.4 is 10.6 Å². The summed E-state index contributed by atoms with van der Waals surface area (Å²) < 4.78 is 5.06. The number of halogens is 1. The fourth-order valence-electron chi connectivity index (χ4n) is 1.74. The number of anilines is 2. The standard InChI is InChI=1S/C14H17ClN4O/c1-16-12-7-13(19-14(18-12)9-20-2)17-8-10-5-3-4-6-11(10)15/h3-7H,8-9H2,1-2H3,(H2,16,17,18,19). The molecule has 0 spiro atoms. The summed E-state index contributed by atoms with van der Waals surface area (Å²) in [4.78, 5) is 8.69. The van der Waals surface area contributed by atoms with Crippen LogP contribution in [-0.4, -0.2) is 24.1 Å². The van der Waals surface area contributed by atoms with E-state index in [1.54, 1.807) is 7.11 Å². The Morgan fingerprint density at radius 2 is 1.95 bits per heavy atom. The van der Waals surface area contributed by atoms with Gasteiger partial charge in [-0.1, -0.05) is 29.8 Å². The van der Waals surface area contributed by atoms with Crippen LogP contribution in [0.25, 0.3) is 0 Å². The predicted octanol–water partition coefficient (Wildman–Crippen LogP) is 2.93. The molecule has 106 valence electrons. The lowest BCUT2D eigenvalue weighted by atomic mass is 10.2. The molecule has 0 saturated carbocycles. The van der Waals surface area contributed by atoms with Gasteiger partial charge in [0.05, 0.1) is 0 Å². The van der Waals surface area contributed by atoms with Crippen molar-refractivity contribution in [2.24, 2.45) is 0 Å². The monoisotopic (exact) mass is 292 g/mol. The van der Waals surface area contributed by atoms with Gasteiger partial charge in [0.2, 0.25) is 0 Å². The first kappa shape index (κ1) is 14.6. The third kappa shape index (κ3) is 3.82. The van der Waals surface area contributed by atoms with Gasteiger partial charge in [0.15, 0.2) is 5.82 Å². The van der Waals surface area contributed by atoms with E-state index in [1.165, 1.54) is 0 Å². The molecular formula is C14H17ClN4O. The molecular weight excluding hydrogens is 276 g/mol. The Kier molecular flexibility index (Phi) is 5.15. The van der Waals surface area contributed by atoms with E-state index in [2.05, 4.69) is 20.6 Å². The molecule has 1 aromatic heterocycles. The molecule has 0 radical (unpaired) electrons. The zero-order valence-electron chi connectivity index (χ0n) is 11.5. The maximum atomic E-state index is 6.12. The Morgan fingerprint density at radius 3 is 2.65 bits per heavy atom. The van der Waals surface area contributed by atoms with Gasteiger partial charge >= 0.3 is 0 Å². The minimum Gasteiger partial charge on any atom is -0.377 e. The minimum absolute atomic E-state index is 0.371. The van der Waals surface area contributed by atoms with Crippen molar-refractivity contribution in [3.05, 3.63) is 46.7 Å². The highest BCUT2D eigenvalue weighted by molar-refractivity contribution is 6.31. The summed E-state index contributed by atoms with van der Waals surface area (Å²) in [6, 6.07) is 9.56. The predicted molar refractivity (Wildman–Crippen MR) is 81.1 cm³/mol. The molecule has 0 saturated heterocycles. The van der Waals surface area contributed by atoms with Crippen molar-refractivity contribution in [3.63, 3.8) is 0 Å². The molecule has 2 rings (SSSR count). The van der Waals surface area contributed by atoms with Gasteiger partial charge in [-0.25, -0.2) is 9.97 Å². The Hall–Kier alpha value is -1.85. The fraction of sp³-hybridized carbons (Fsp3) is 0.286. The van der Waals surface area contributed by atoms with Gasteiger partial charge in [0.1, 0.15) is 18.2 Å². The van der Waals surface area contributed by atoms with E-state index in [4.69, 9.17) is 16.3 Å². The SMILES string of the molecule is CNc1cc(NCc2ccccc2Cl)nc(COC)n1. The number of ether oxygens (including phenoxy) is 1. The first-order valence-electron chi connectivity index (χ1n) is 6.25. The summed E-state index contributed by atoms with van der Waals surface area (Å²) in [6.07, 6.45) is 0. The van der Waals surface area contributed by atoms with E-state index in [0.717, 1.165) is 22.2 Å². The van der Waals surface area contributed by atoms with Gasteiger partial charge in [0, 0.05) is 31.8 Å². The van der Waals surface area contributed by atoms with E-state index < -0.39 is 0 Å². The third-order valence-electron chi connectivity index (χ3n) is 2.72. The van der Waals surface area contributed by atoms with E-state index in [-0.39, 0.29) is 0 Å². The lowest BCUT2D eigenvalue weighted by molar-refractivity contribution is 0.178. The number of methoxy groups -OCH3 is 1. The zero-order valence-corrected chi connectivity index (χ0v) is 12.2. The highest BCUT2D eigenvalue weighted by atomic mass is 35.5. The summed E-state index contributed by atoms with van der Waals surface area (Å²) in [5.74, 6) is 2.10. The molecule has 0 fully saturated rings. The number of hydrogen-bond donors (Lipinski definition) is 2. The average Bonchev–Trinajstić information content (AvgIpc) is 2.46. The molecule has 0 amide bonds. The summed E-state index contributed by atoms with van der Waals surface area (Å²) >= 11 is 6.12. The number of benzene rings is 1. The molecule has 0 bridgehead atoms. The lowest BCUT2D eigenvalue weighted by Gasteiger charge is -2.10. The number of hydrogen-bond acceptors (Lipinski definition) is 5. The van der Waals surface area contributed by atoms with Gasteiger partial charge in [-0.2, -0.15) is 0 Å². The molecule has 0 atom stereocenters. The quantitative estimate of drug-likeness (QED) is 0.857. The van der Waals surface area contributed by atoms with Gasteiger partial charge in [-0.15, -0.1) is 0 Å². The van der Waals surface area contributed by atoms with E-state index in [9.17, 15) is 0 Å². The van der Waals surface area contributed by atoms with Crippen LogP contribution >= 0.6 is 11.6 Å². The lowest BCUT2D eigenvalue weighted by Crippen LogP contribution is -2.07. The van der Waals surface area contributed by atoms with Crippen LogP contribution in [0, 0.1) is 0 Å². The van der Waals surface area contributed by atoms with Crippen LogP contribution in [-0.2, 0) is 17.9 Å².